The van der Waals surface area contributed by atoms with Crippen molar-refractivity contribution >= 4 is 15.9 Å². The molecule has 1 aromatic rings. The molecule has 0 aliphatic heterocycles. The summed E-state index contributed by atoms with van der Waals surface area (Å²) in [4.78, 5) is 0. The van der Waals surface area contributed by atoms with Crippen molar-refractivity contribution < 1.29 is 18.3 Å². The molecular weight excluding hydrogens is 299 g/mol. The molecule has 94 valence electrons. The SMILES string of the molecule is N[C@](c1cccc(Br)c1)(C1C[C@H]1O)C(F)(F)F. The normalized spacial score (nSPS) is 27.6. The van der Waals surface area contributed by atoms with E-state index >= 15 is 0 Å². The van der Waals surface area contributed by atoms with Gasteiger partial charge >= 0.3 is 6.18 Å². The summed E-state index contributed by atoms with van der Waals surface area (Å²) in [7, 11) is 0. The summed E-state index contributed by atoms with van der Waals surface area (Å²) < 4.78 is 39.9. The molecule has 2 nitrogen and oxygen atoms in total. The van der Waals surface area contributed by atoms with Gasteiger partial charge in [-0.3, -0.25) is 0 Å². The van der Waals surface area contributed by atoms with Crippen molar-refractivity contribution in [3.8, 4) is 0 Å². The second-order valence-electron chi connectivity index (χ2n) is 4.29. The topological polar surface area (TPSA) is 46.2 Å². The van der Waals surface area contributed by atoms with Crippen LogP contribution in [0.3, 0.4) is 0 Å². The zero-order chi connectivity index (χ0) is 12.8. The first-order valence-corrected chi connectivity index (χ1v) is 5.86. The van der Waals surface area contributed by atoms with Gasteiger partial charge in [-0.25, -0.2) is 0 Å². The summed E-state index contributed by atoms with van der Waals surface area (Å²) in [5.74, 6) is -0.961. The molecule has 0 saturated heterocycles. The lowest BCUT2D eigenvalue weighted by Gasteiger charge is -2.32. The molecule has 0 aromatic heterocycles. The summed E-state index contributed by atoms with van der Waals surface area (Å²) in [6.07, 6.45) is -5.47. The summed E-state index contributed by atoms with van der Waals surface area (Å²) in [6.45, 7) is 0. The van der Waals surface area contributed by atoms with Crippen molar-refractivity contribution in [2.75, 3.05) is 0 Å². The van der Waals surface area contributed by atoms with E-state index in [0.29, 0.717) is 4.47 Å². The van der Waals surface area contributed by atoms with Gasteiger partial charge < -0.3 is 10.8 Å². The number of halogens is 4. The number of aliphatic hydroxyl groups excluding tert-OH is 1. The fourth-order valence-corrected chi connectivity index (χ4v) is 2.40. The predicted octanol–water partition coefficient (Wildman–Crippen LogP) is 2.55. The van der Waals surface area contributed by atoms with Crippen molar-refractivity contribution in [2.45, 2.75) is 24.2 Å². The fraction of sp³-hybridized carbons (Fsp3) is 0.455. The van der Waals surface area contributed by atoms with Crippen LogP contribution < -0.4 is 5.73 Å². The second kappa shape index (κ2) is 3.96. The van der Waals surface area contributed by atoms with Crippen LogP contribution in [-0.2, 0) is 5.54 Å². The third-order valence-corrected chi connectivity index (χ3v) is 3.61. The van der Waals surface area contributed by atoms with E-state index in [2.05, 4.69) is 15.9 Å². The van der Waals surface area contributed by atoms with Crippen LogP contribution >= 0.6 is 15.9 Å². The van der Waals surface area contributed by atoms with Crippen LogP contribution in [0.15, 0.2) is 28.7 Å². The third kappa shape index (κ3) is 2.09. The Morgan fingerprint density at radius 1 is 1.35 bits per heavy atom. The van der Waals surface area contributed by atoms with Crippen molar-refractivity contribution in [3.63, 3.8) is 0 Å². The first-order chi connectivity index (χ1) is 7.76. The average Bonchev–Trinajstić information content (AvgIpc) is 2.93. The van der Waals surface area contributed by atoms with Gasteiger partial charge in [-0.05, 0) is 24.1 Å². The minimum absolute atomic E-state index is 0.0269. The summed E-state index contributed by atoms with van der Waals surface area (Å²) >= 11 is 3.12. The minimum atomic E-state index is -4.59. The molecule has 1 aliphatic carbocycles. The van der Waals surface area contributed by atoms with Gasteiger partial charge in [0.15, 0.2) is 0 Å². The number of aliphatic hydroxyl groups is 1. The van der Waals surface area contributed by atoms with Gasteiger partial charge in [0.2, 0.25) is 0 Å². The van der Waals surface area contributed by atoms with E-state index < -0.39 is 23.7 Å². The Labute approximate surface area is 105 Å². The highest BCUT2D eigenvalue weighted by atomic mass is 79.9. The number of rotatable bonds is 2. The average molecular weight is 310 g/mol. The van der Waals surface area contributed by atoms with E-state index in [4.69, 9.17) is 5.73 Å². The molecular formula is C11H11BrF3NO. The van der Waals surface area contributed by atoms with Crippen molar-refractivity contribution in [1.29, 1.82) is 0 Å². The highest BCUT2D eigenvalue weighted by Crippen LogP contribution is 2.52. The molecule has 17 heavy (non-hydrogen) atoms. The quantitative estimate of drug-likeness (QED) is 0.882. The van der Waals surface area contributed by atoms with Gasteiger partial charge in [-0.2, -0.15) is 13.2 Å². The van der Waals surface area contributed by atoms with Gasteiger partial charge in [0.05, 0.1) is 6.10 Å². The van der Waals surface area contributed by atoms with Gasteiger partial charge in [0, 0.05) is 10.4 Å². The smallest absolute Gasteiger partial charge is 0.393 e. The molecule has 1 aromatic carbocycles. The summed E-state index contributed by atoms with van der Waals surface area (Å²) in [6, 6.07) is 5.81. The molecule has 0 bridgehead atoms. The van der Waals surface area contributed by atoms with Crippen LogP contribution in [0.1, 0.15) is 12.0 Å². The van der Waals surface area contributed by atoms with Crippen molar-refractivity contribution in [3.05, 3.63) is 34.3 Å². The highest BCUT2D eigenvalue weighted by molar-refractivity contribution is 9.10. The molecule has 1 aliphatic rings. The van der Waals surface area contributed by atoms with E-state index in [0.717, 1.165) is 0 Å². The van der Waals surface area contributed by atoms with Crippen LogP contribution in [-0.4, -0.2) is 17.4 Å². The van der Waals surface area contributed by atoms with E-state index in [9.17, 15) is 18.3 Å². The van der Waals surface area contributed by atoms with Gasteiger partial charge in [-0.1, -0.05) is 28.1 Å². The van der Waals surface area contributed by atoms with Crippen LogP contribution in [0, 0.1) is 5.92 Å². The molecule has 1 unspecified atom stereocenters. The molecule has 6 heteroatoms. The maximum atomic E-state index is 13.1. The van der Waals surface area contributed by atoms with E-state index in [1.165, 1.54) is 18.2 Å². The number of nitrogens with two attached hydrogens (primary N) is 1. The number of hydrogen-bond acceptors (Lipinski definition) is 2. The number of alkyl halides is 3. The lowest BCUT2D eigenvalue weighted by Crippen LogP contribution is -2.53. The molecule has 3 N–H and O–H groups in total. The minimum Gasteiger partial charge on any atom is -0.393 e. The summed E-state index contributed by atoms with van der Waals surface area (Å²) in [5, 5.41) is 9.26. The van der Waals surface area contributed by atoms with Crippen LogP contribution in [0.2, 0.25) is 0 Å². The molecule has 0 spiro atoms. The monoisotopic (exact) mass is 309 g/mol. The molecule has 2 rings (SSSR count). The molecule has 0 amide bonds. The maximum absolute atomic E-state index is 13.1. The van der Waals surface area contributed by atoms with Crippen molar-refractivity contribution in [2.24, 2.45) is 11.7 Å². The number of hydrogen-bond donors (Lipinski definition) is 2. The molecule has 3 atom stereocenters. The van der Waals surface area contributed by atoms with Crippen LogP contribution in [0.5, 0.6) is 0 Å². The van der Waals surface area contributed by atoms with E-state index in [-0.39, 0.29) is 12.0 Å². The zero-order valence-electron chi connectivity index (χ0n) is 8.71. The number of benzene rings is 1. The summed E-state index contributed by atoms with van der Waals surface area (Å²) in [5.41, 5.74) is 3.05. The fourth-order valence-electron chi connectivity index (χ4n) is 2.00. The molecule has 0 radical (unpaired) electrons. The Kier molecular flexibility index (Phi) is 3.00. The van der Waals surface area contributed by atoms with Gasteiger partial charge in [-0.15, -0.1) is 0 Å². The van der Waals surface area contributed by atoms with Crippen LogP contribution in [0.25, 0.3) is 0 Å². The molecule has 0 heterocycles. The molecule has 1 fully saturated rings. The maximum Gasteiger partial charge on any atom is 0.410 e. The standard InChI is InChI=1S/C11H11BrF3NO/c12-7-3-1-2-6(4-7)10(16,11(13,14)15)8-5-9(8)17/h1-4,8-9,17H,5,16H2/t8?,9-,10-/m1/s1. The zero-order valence-corrected chi connectivity index (χ0v) is 10.3. The van der Waals surface area contributed by atoms with E-state index in [1.54, 1.807) is 6.07 Å². The Hall–Kier alpha value is -0.590. The Morgan fingerprint density at radius 2 is 1.94 bits per heavy atom. The first kappa shape index (κ1) is 12.9. The van der Waals surface area contributed by atoms with Crippen LogP contribution in [0.4, 0.5) is 13.2 Å². The van der Waals surface area contributed by atoms with Gasteiger partial charge in [0.1, 0.15) is 5.54 Å². The first-order valence-electron chi connectivity index (χ1n) is 5.06. The Morgan fingerprint density at radius 3 is 2.35 bits per heavy atom. The molecule has 1 saturated carbocycles. The third-order valence-electron chi connectivity index (χ3n) is 3.11. The largest absolute Gasteiger partial charge is 0.410 e. The Bertz CT molecular complexity index is 437. The lowest BCUT2D eigenvalue weighted by atomic mass is 9.85. The predicted molar refractivity (Wildman–Crippen MR) is 60.2 cm³/mol. The second-order valence-corrected chi connectivity index (χ2v) is 5.20. The van der Waals surface area contributed by atoms with Crippen molar-refractivity contribution in [1.82, 2.24) is 0 Å². The van der Waals surface area contributed by atoms with E-state index in [1.807, 2.05) is 0 Å². The lowest BCUT2D eigenvalue weighted by molar-refractivity contribution is -0.198. The van der Waals surface area contributed by atoms with Gasteiger partial charge in [0.25, 0.3) is 0 Å². The Balaban J connectivity index is 2.48. The highest BCUT2D eigenvalue weighted by Gasteiger charge is 2.64.